The quantitative estimate of drug-likeness (QED) is 0.754. The molecule has 0 radical (unpaired) electrons. The highest BCUT2D eigenvalue weighted by atomic mass is 16.4. The molecule has 5 nitrogen and oxygen atoms in total. The van der Waals surface area contributed by atoms with Gasteiger partial charge < -0.3 is 14.8 Å². The first-order chi connectivity index (χ1) is 11.5. The predicted molar refractivity (Wildman–Crippen MR) is 91.7 cm³/mol. The minimum atomic E-state index is -0.737. The van der Waals surface area contributed by atoms with Gasteiger partial charge in [0.25, 0.3) is 5.91 Å². The summed E-state index contributed by atoms with van der Waals surface area (Å²) in [5, 5.41) is 13.9. The van der Waals surface area contributed by atoms with Crippen molar-refractivity contribution >= 4 is 16.8 Å². The molecule has 124 valence electrons. The van der Waals surface area contributed by atoms with Gasteiger partial charge in [-0.05, 0) is 50.2 Å². The Labute approximate surface area is 140 Å². The first-order valence-corrected chi connectivity index (χ1v) is 7.92. The van der Waals surface area contributed by atoms with E-state index in [9.17, 15) is 9.90 Å². The van der Waals surface area contributed by atoms with E-state index in [2.05, 4.69) is 10.3 Å². The maximum atomic E-state index is 12.4. The summed E-state index contributed by atoms with van der Waals surface area (Å²) in [7, 11) is 0. The third-order valence-corrected chi connectivity index (χ3v) is 3.92. The van der Waals surface area contributed by atoms with Gasteiger partial charge in [-0.1, -0.05) is 6.07 Å². The molecule has 0 aliphatic carbocycles. The Morgan fingerprint density at radius 1 is 1.29 bits per heavy atom. The molecule has 0 aliphatic heterocycles. The molecule has 2 N–H and O–H groups in total. The lowest BCUT2D eigenvalue weighted by atomic mass is 10.1. The number of carbonyl (C=O) groups excluding carboxylic acids is 1. The van der Waals surface area contributed by atoms with Gasteiger partial charge in [0.15, 0.2) is 0 Å². The third-order valence-electron chi connectivity index (χ3n) is 3.92. The van der Waals surface area contributed by atoms with Crippen molar-refractivity contribution in [1.29, 1.82) is 0 Å². The third kappa shape index (κ3) is 3.63. The van der Waals surface area contributed by atoms with E-state index in [1.165, 1.54) is 6.26 Å². The number of nitrogens with zero attached hydrogens (tertiary/aromatic N) is 1. The number of fused-ring (bicyclic) bond motifs is 1. The molecule has 5 heteroatoms. The fourth-order valence-corrected chi connectivity index (χ4v) is 2.67. The molecule has 1 amide bonds. The molecule has 0 aliphatic rings. The van der Waals surface area contributed by atoms with Crippen molar-refractivity contribution in [2.75, 3.05) is 0 Å². The monoisotopic (exact) mass is 324 g/mol. The highest BCUT2D eigenvalue weighted by molar-refractivity contribution is 5.98. The molecule has 2 aromatic heterocycles. The van der Waals surface area contributed by atoms with E-state index in [0.29, 0.717) is 17.7 Å². The number of furan rings is 1. The molecule has 0 bridgehead atoms. The zero-order valence-electron chi connectivity index (χ0n) is 13.7. The Bertz CT molecular complexity index is 843. The van der Waals surface area contributed by atoms with Crippen LogP contribution in [0.2, 0.25) is 0 Å². The average Bonchev–Trinajstić information content (AvgIpc) is 3.08. The van der Waals surface area contributed by atoms with Gasteiger partial charge in [-0.25, -0.2) is 0 Å². The van der Waals surface area contributed by atoms with Crippen LogP contribution in [0.1, 0.15) is 41.3 Å². The summed E-state index contributed by atoms with van der Waals surface area (Å²) < 4.78 is 5.17. The van der Waals surface area contributed by atoms with E-state index in [-0.39, 0.29) is 11.9 Å². The van der Waals surface area contributed by atoms with Crippen molar-refractivity contribution in [2.45, 2.75) is 32.4 Å². The van der Waals surface area contributed by atoms with Crippen LogP contribution >= 0.6 is 0 Å². The summed E-state index contributed by atoms with van der Waals surface area (Å²) in [5.74, 6) is 0.333. The lowest BCUT2D eigenvalue weighted by Gasteiger charge is -2.17. The van der Waals surface area contributed by atoms with Gasteiger partial charge in [0, 0.05) is 29.1 Å². The predicted octanol–water partition coefficient (Wildman–Crippen LogP) is 3.38. The van der Waals surface area contributed by atoms with E-state index >= 15 is 0 Å². The van der Waals surface area contributed by atoms with Crippen molar-refractivity contribution in [3.05, 3.63) is 65.7 Å². The minimum absolute atomic E-state index is 0.170. The molecule has 2 unspecified atom stereocenters. The molecule has 0 fully saturated rings. The molecule has 2 heterocycles. The van der Waals surface area contributed by atoms with Crippen LogP contribution in [0.4, 0.5) is 0 Å². The van der Waals surface area contributed by atoms with E-state index in [0.717, 1.165) is 16.6 Å². The number of aromatic nitrogens is 1. The second-order valence-corrected chi connectivity index (χ2v) is 6.00. The van der Waals surface area contributed by atoms with E-state index in [1.807, 2.05) is 38.1 Å². The molecular formula is C19H20N2O3. The van der Waals surface area contributed by atoms with E-state index in [1.54, 1.807) is 18.2 Å². The second kappa shape index (κ2) is 6.84. The van der Waals surface area contributed by atoms with Gasteiger partial charge >= 0.3 is 0 Å². The van der Waals surface area contributed by atoms with Crippen molar-refractivity contribution in [2.24, 2.45) is 0 Å². The van der Waals surface area contributed by atoms with Crippen LogP contribution in [0.25, 0.3) is 10.9 Å². The summed E-state index contributed by atoms with van der Waals surface area (Å²) in [4.78, 5) is 16.8. The van der Waals surface area contributed by atoms with Gasteiger partial charge in [-0.3, -0.25) is 9.78 Å². The Hall–Kier alpha value is -2.66. The number of aliphatic hydroxyl groups excluding tert-OH is 1. The lowest BCUT2D eigenvalue weighted by molar-refractivity contribution is 0.0903. The van der Waals surface area contributed by atoms with Gasteiger partial charge in [0.05, 0.1) is 11.8 Å². The maximum Gasteiger partial charge on any atom is 0.251 e. The summed E-state index contributed by atoms with van der Waals surface area (Å²) in [5.41, 5.74) is 2.39. The largest absolute Gasteiger partial charge is 0.467 e. The first kappa shape index (κ1) is 16.2. The maximum absolute atomic E-state index is 12.4. The van der Waals surface area contributed by atoms with Crippen LogP contribution < -0.4 is 5.32 Å². The summed E-state index contributed by atoms with van der Waals surface area (Å²) in [6, 6.07) is 12.6. The number of aliphatic hydroxyl groups is 1. The molecule has 2 atom stereocenters. The van der Waals surface area contributed by atoms with Crippen LogP contribution in [0.15, 0.2) is 53.1 Å². The molecule has 0 spiro atoms. The number of rotatable bonds is 5. The Balaban J connectivity index is 1.66. The van der Waals surface area contributed by atoms with Crippen LogP contribution in [-0.4, -0.2) is 22.0 Å². The van der Waals surface area contributed by atoms with Crippen LogP contribution in [0, 0.1) is 6.92 Å². The number of hydrogen-bond donors (Lipinski definition) is 2. The summed E-state index contributed by atoms with van der Waals surface area (Å²) in [6.07, 6.45) is 1.17. The molecule has 24 heavy (non-hydrogen) atoms. The summed E-state index contributed by atoms with van der Waals surface area (Å²) in [6.45, 7) is 3.79. The van der Waals surface area contributed by atoms with Gasteiger partial charge in [-0.15, -0.1) is 0 Å². The Kier molecular flexibility index (Phi) is 4.62. The molecule has 3 aromatic rings. The van der Waals surface area contributed by atoms with E-state index < -0.39 is 6.10 Å². The van der Waals surface area contributed by atoms with Crippen molar-refractivity contribution in [1.82, 2.24) is 10.3 Å². The zero-order chi connectivity index (χ0) is 17.1. The van der Waals surface area contributed by atoms with Crippen LogP contribution in [0.3, 0.4) is 0 Å². The Morgan fingerprint density at radius 3 is 2.88 bits per heavy atom. The fourth-order valence-electron chi connectivity index (χ4n) is 2.67. The molecular weight excluding hydrogens is 304 g/mol. The van der Waals surface area contributed by atoms with Gasteiger partial charge in [0.2, 0.25) is 0 Å². The van der Waals surface area contributed by atoms with Gasteiger partial charge in [-0.2, -0.15) is 0 Å². The number of benzene rings is 1. The molecule has 0 saturated carbocycles. The number of nitrogens with one attached hydrogen (secondary N) is 1. The number of amides is 1. The fraction of sp³-hybridized carbons (Fsp3) is 0.263. The molecule has 0 saturated heterocycles. The standard InChI is InChI=1S/C19H20N2O3/c1-12-5-6-14-11-15(7-8-16(14)20-12)19(23)21-13(2)10-17(22)18-4-3-9-24-18/h3-9,11,13,17,22H,10H2,1-2H3,(H,21,23). The first-order valence-electron chi connectivity index (χ1n) is 7.92. The Morgan fingerprint density at radius 2 is 2.12 bits per heavy atom. The average molecular weight is 324 g/mol. The molecule has 3 rings (SSSR count). The lowest BCUT2D eigenvalue weighted by Crippen LogP contribution is -2.33. The van der Waals surface area contributed by atoms with Gasteiger partial charge in [0.1, 0.15) is 11.9 Å². The normalized spacial score (nSPS) is 13.6. The highest BCUT2D eigenvalue weighted by Crippen LogP contribution is 2.19. The van der Waals surface area contributed by atoms with Crippen LogP contribution in [0.5, 0.6) is 0 Å². The van der Waals surface area contributed by atoms with E-state index in [4.69, 9.17) is 4.42 Å². The second-order valence-electron chi connectivity index (χ2n) is 6.00. The SMILES string of the molecule is Cc1ccc2cc(C(=O)NC(C)CC(O)c3ccco3)ccc2n1. The zero-order valence-corrected chi connectivity index (χ0v) is 13.7. The van der Waals surface area contributed by atoms with Crippen molar-refractivity contribution in [3.8, 4) is 0 Å². The summed E-state index contributed by atoms with van der Waals surface area (Å²) >= 11 is 0. The van der Waals surface area contributed by atoms with Crippen LogP contribution in [-0.2, 0) is 0 Å². The molecule has 1 aromatic carbocycles. The number of aryl methyl sites for hydroxylation is 1. The number of carbonyl (C=O) groups is 1. The topological polar surface area (TPSA) is 75.4 Å². The number of hydrogen-bond acceptors (Lipinski definition) is 4. The minimum Gasteiger partial charge on any atom is -0.467 e. The van der Waals surface area contributed by atoms with Crippen molar-refractivity contribution in [3.63, 3.8) is 0 Å². The van der Waals surface area contributed by atoms with Crippen molar-refractivity contribution < 1.29 is 14.3 Å². The smallest absolute Gasteiger partial charge is 0.251 e. The highest BCUT2D eigenvalue weighted by Gasteiger charge is 2.17. The number of pyridine rings is 1.